The lowest BCUT2D eigenvalue weighted by atomic mass is 10.1. The number of aromatic nitrogens is 4. The molecule has 0 spiro atoms. The third-order valence-corrected chi connectivity index (χ3v) is 2.21. The Labute approximate surface area is 84.5 Å². The Bertz CT molecular complexity index is 415. The zero-order chi connectivity index (χ0) is 11.0. The maximum absolute atomic E-state index is 11.4. The molecule has 1 aliphatic heterocycles. The fraction of sp³-hybridized carbons (Fsp3) is 0.571. The Morgan fingerprint density at radius 2 is 2.33 bits per heavy atom. The lowest BCUT2D eigenvalue weighted by Gasteiger charge is -2.09. The maximum Gasteiger partial charge on any atom is 0.308 e. The molecule has 1 aliphatic rings. The minimum absolute atomic E-state index is 0.00636. The van der Waals surface area contributed by atoms with Crippen molar-refractivity contribution in [2.24, 2.45) is 13.0 Å². The third kappa shape index (κ3) is 1.65. The number of carbonyl (C=O) groups excluding carboxylic acids is 1. The number of aryl methyl sites for hydroxylation is 1. The second-order valence-electron chi connectivity index (χ2n) is 3.32. The van der Waals surface area contributed by atoms with E-state index in [-0.39, 0.29) is 24.8 Å². The number of rotatable bonds is 2. The standard InChI is InChI=1S/C7H9N5O3/c1-11-9-7(8-10-11)12-3-4(6(14)15)2-5(12)13/h4H,2-3H2,1H3,(H,14,15)/t4-/m1/s1. The smallest absolute Gasteiger partial charge is 0.308 e. The van der Waals surface area contributed by atoms with Crippen LogP contribution in [0.3, 0.4) is 0 Å². The summed E-state index contributed by atoms with van der Waals surface area (Å²) in [5.74, 6) is -1.78. The summed E-state index contributed by atoms with van der Waals surface area (Å²) in [4.78, 5) is 24.6. The molecular weight excluding hydrogens is 202 g/mol. The second-order valence-corrected chi connectivity index (χ2v) is 3.32. The highest BCUT2D eigenvalue weighted by Gasteiger charge is 2.36. The molecule has 1 N–H and O–H groups in total. The van der Waals surface area contributed by atoms with E-state index in [0.29, 0.717) is 0 Å². The van der Waals surface area contributed by atoms with Gasteiger partial charge >= 0.3 is 5.97 Å². The SMILES string of the molecule is Cn1nnc(N2C[C@H](C(=O)O)CC2=O)n1. The summed E-state index contributed by atoms with van der Waals surface area (Å²) in [6.07, 6.45) is -0.00636. The van der Waals surface area contributed by atoms with Crippen molar-refractivity contribution in [1.82, 2.24) is 20.2 Å². The number of hydrogen-bond acceptors (Lipinski definition) is 5. The van der Waals surface area contributed by atoms with E-state index in [1.54, 1.807) is 7.05 Å². The normalized spacial score (nSPS) is 21.0. The van der Waals surface area contributed by atoms with Crippen molar-refractivity contribution < 1.29 is 14.7 Å². The molecule has 0 saturated carbocycles. The number of carboxylic acid groups (broad SMARTS) is 1. The van der Waals surface area contributed by atoms with Gasteiger partial charge in [0, 0.05) is 13.0 Å². The fourth-order valence-corrected chi connectivity index (χ4v) is 1.45. The molecule has 0 aromatic carbocycles. The van der Waals surface area contributed by atoms with Gasteiger partial charge in [-0.05, 0) is 5.21 Å². The zero-order valence-electron chi connectivity index (χ0n) is 7.99. The Balaban J connectivity index is 2.18. The van der Waals surface area contributed by atoms with Gasteiger partial charge in [-0.15, -0.1) is 5.10 Å². The van der Waals surface area contributed by atoms with Crippen molar-refractivity contribution in [3.8, 4) is 0 Å². The summed E-state index contributed by atoms with van der Waals surface area (Å²) in [5, 5.41) is 19.8. The van der Waals surface area contributed by atoms with Crippen molar-refractivity contribution in [3.05, 3.63) is 0 Å². The average Bonchev–Trinajstić information content (AvgIpc) is 2.71. The summed E-state index contributed by atoms with van der Waals surface area (Å²) < 4.78 is 0. The van der Waals surface area contributed by atoms with Crippen LogP contribution in [-0.2, 0) is 16.6 Å². The molecule has 0 bridgehead atoms. The summed E-state index contributed by atoms with van der Waals surface area (Å²) in [6.45, 7) is 0.111. The first-order chi connectivity index (χ1) is 7.08. The first-order valence-electron chi connectivity index (χ1n) is 4.35. The minimum Gasteiger partial charge on any atom is -0.481 e. The topological polar surface area (TPSA) is 101 Å². The monoisotopic (exact) mass is 211 g/mol. The van der Waals surface area contributed by atoms with Gasteiger partial charge in [0.15, 0.2) is 0 Å². The molecule has 2 rings (SSSR count). The van der Waals surface area contributed by atoms with Crippen LogP contribution in [0.25, 0.3) is 0 Å². The van der Waals surface area contributed by atoms with Gasteiger partial charge in [-0.3, -0.25) is 14.5 Å². The van der Waals surface area contributed by atoms with Crippen molar-refractivity contribution in [1.29, 1.82) is 0 Å². The number of nitrogens with zero attached hydrogens (tertiary/aromatic N) is 5. The maximum atomic E-state index is 11.4. The molecular formula is C7H9N5O3. The number of anilines is 1. The van der Waals surface area contributed by atoms with Gasteiger partial charge in [-0.2, -0.15) is 4.80 Å². The summed E-state index contributed by atoms with van der Waals surface area (Å²) >= 11 is 0. The first kappa shape index (κ1) is 9.56. The van der Waals surface area contributed by atoms with Crippen molar-refractivity contribution in [3.63, 3.8) is 0 Å². The highest BCUT2D eigenvalue weighted by molar-refractivity contribution is 5.97. The molecule has 80 valence electrons. The molecule has 2 heterocycles. The summed E-state index contributed by atoms with van der Waals surface area (Å²) in [7, 11) is 1.58. The molecule has 0 unspecified atom stereocenters. The van der Waals surface area contributed by atoms with Crippen molar-refractivity contribution in [2.75, 3.05) is 11.4 Å². The highest BCUT2D eigenvalue weighted by Crippen LogP contribution is 2.21. The van der Waals surface area contributed by atoms with Crippen LogP contribution >= 0.6 is 0 Å². The number of tetrazole rings is 1. The van der Waals surface area contributed by atoms with E-state index in [1.165, 1.54) is 9.70 Å². The quantitative estimate of drug-likeness (QED) is 0.648. The van der Waals surface area contributed by atoms with Crippen LogP contribution in [0.4, 0.5) is 5.95 Å². The Morgan fingerprint density at radius 3 is 2.80 bits per heavy atom. The van der Waals surface area contributed by atoms with Crippen LogP contribution in [0.2, 0.25) is 0 Å². The lowest BCUT2D eigenvalue weighted by Crippen LogP contribution is -2.27. The Morgan fingerprint density at radius 1 is 1.60 bits per heavy atom. The molecule has 1 amide bonds. The molecule has 1 saturated heterocycles. The van der Waals surface area contributed by atoms with E-state index in [2.05, 4.69) is 15.4 Å². The summed E-state index contributed by atoms with van der Waals surface area (Å²) in [5.41, 5.74) is 0. The van der Waals surface area contributed by atoms with Crippen LogP contribution in [0.15, 0.2) is 0 Å². The predicted molar refractivity (Wildman–Crippen MR) is 46.9 cm³/mol. The van der Waals surface area contributed by atoms with E-state index >= 15 is 0 Å². The third-order valence-electron chi connectivity index (χ3n) is 2.21. The lowest BCUT2D eigenvalue weighted by molar-refractivity contribution is -0.141. The van der Waals surface area contributed by atoms with Gasteiger partial charge in [0.05, 0.1) is 13.0 Å². The van der Waals surface area contributed by atoms with E-state index < -0.39 is 11.9 Å². The Hall–Kier alpha value is -1.99. The van der Waals surface area contributed by atoms with Crippen molar-refractivity contribution >= 4 is 17.8 Å². The van der Waals surface area contributed by atoms with Gasteiger partial charge < -0.3 is 5.11 Å². The average molecular weight is 211 g/mol. The van der Waals surface area contributed by atoms with Gasteiger partial charge in [-0.1, -0.05) is 5.10 Å². The molecule has 1 aromatic rings. The molecule has 1 aromatic heterocycles. The van der Waals surface area contributed by atoms with E-state index in [9.17, 15) is 9.59 Å². The van der Waals surface area contributed by atoms with Gasteiger partial charge in [0.25, 0.3) is 5.95 Å². The van der Waals surface area contributed by atoms with Crippen LogP contribution in [0, 0.1) is 5.92 Å². The molecule has 15 heavy (non-hydrogen) atoms. The number of carboxylic acids is 1. The predicted octanol–water partition coefficient (Wildman–Crippen LogP) is -1.35. The van der Waals surface area contributed by atoms with E-state index in [1.807, 2.05) is 0 Å². The number of aliphatic carboxylic acids is 1. The fourth-order valence-electron chi connectivity index (χ4n) is 1.45. The van der Waals surface area contributed by atoms with Crippen LogP contribution < -0.4 is 4.90 Å². The van der Waals surface area contributed by atoms with E-state index in [0.717, 1.165) is 0 Å². The van der Waals surface area contributed by atoms with Crippen molar-refractivity contribution in [2.45, 2.75) is 6.42 Å². The number of hydrogen-bond donors (Lipinski definition) is 1. The highest BCUT2D eigenvalue weighted by atomic mass is 16.4. The van der Waals surface area contributed by atoms with E-state index in [4.69, 9.17) is 5.11 Å². The summed E-state index contributed by atoms with van der Waals surface area (Å²) in [6, 6.07) is 0. The zero-order valence-corrected chi connectivity index (χ0v) is 7.99. The molecule has 8 nitrogen and oxygen atoms in total. The molecule has 1 fully saturated rings. The van der Waals surface area contributed by atoms with Crippen LogP contribution in [0.1, 0.15) is 6.42 Å². The molecule has 0 radical (unpaired) electrons. The number of carbonyl (C=O) groups is 2. The van der Waals surface area contributed by atoms with Crippen LogP contribution in [-0.4, -0.2) is 43.7 Å². The van der Waals surface area contributed by atoms with Gasteiger partial charge in [0.2, 0.25) is 5.91 Å². The van der Waals surface area contributed by atoms with Gasteiger partial charge in [-0.25, -0.2) is 0 Å². The van der Waals surface area contributed by atoms with Gasteiger partial charge in [0.1, 0.15) is 0 Å². The minimum atomic E-state index is -0.977. The van der Waals surface area contributed by atoms with Crippen LogP contribution in [0.5, 0.6) is 0 Å². The molecule has 0 aliphatic carbocycles. The number of amides is 1. The molecule has 1 atom stereocenters. The largest absolute Gasteiger partial charge is 0.481 e. The first-order valence-corrected chi connectivity index (χ1v) is 4.35. The second kappa shape index (κ2) is 3.30. The Kier molecular flexibility index (Phi) is 2.10. The molecule has 8 heteroatoms.